The SMILES string of the molecule is CC(C)c1ccc(S(=O)(=O)N(CCC(=O)N2CCNCC2)CCN2CCCCC2C)cc1.O=C(O)C(F)(F)F. The van der Waals surface area contributed by atoms with E-state index in [1.807, 2.05) is 17.0 Å². The van der Waals surface area contributed by atoms with Gasteiger partial charge in [0.2, 0.25) is 15.9 Å². The van der Waals surface area contributed by atoms with E-state index in [4.69, 9.17) is 9.90 Å². The first-order valence-electron chi connectivity index (χ1n) is 13.4. The summed E-state index contributed by atoms with van der Waals surface area (Å²) in [7, 11) is -3.66. The first-order chi connectivity index (χ1) is 18.2. The predicted octanol–water partition coefficient (Wildman–Crippen LogP) is 3.13. The molecular weight excluding hydrogens is 537 g/mol. The van der Waals surface area contributed by atoms with Crippen LogP contribution in [0.4, 0.5) is 13.2 Å². The molecule has 3 rings (SSSR count). The Morgan fingerprint density at radius 2 is 1.67 bits per heavy atom. The number of amides is 1. The largest absolute Gasteiger partial charge is 0.490 e. The number of aliphatic carboxylic acids is 1. The number of carbonyl (C=O) groups excluding carboxylic acids is 1. The van der Waals surface area contributed by atoms with Crippen LogP contribution in [0.25, 0.3) is 0 Å². The number of halogens is 3. The lowest BCUT2D eigenvalue weighted by molar-refractivity contribution is -0.192. The van der Waals surface area contributed by atoms with Gasteiger partial charge in [0.1, 0.15) is 0 Å². The van der Waals surface area contributed by atoms with Gasteiger partial charge in [-0.05, 0) is 49.9 Å². The summed E-state index contributed by atoms with van der Waals surface area (Å²) in [6, 6.07) is 7.68. The summed E-state index contributed by atoms with van der Waals surface area (Å²) in [5.41, 5.74) is 1.12. The number of benzene rings is 1. The van der Waals surface area contributed by atoms with Crippen molar-refractivity contribution in [3.05, 3.63) is 29.8 Å². The summed E-state index contributed by atoms with van der Waals surface area (Å²) in [4.78, 5) is 26.1. The van der Waals surface area contributed by atoms with Crippen molar-refractivity contribution in [3.8, 4) is 0 Å². The quantitative estimate of drug-likeness (QED) is 0.463. The Balaban J connectivity index is 0.000000673. The number of nitrogens with one attached hydrogen (secondary N) is 1. The maximum atomic E-state index is 13.5. The molecule has 0 radical (unpaired) electrons. The van der Waals surface area contributed by atoms with Gasteiger partial charge < -0.3 is 15.3 Å². The monoisotopic (exact) mass is 578 g/mol. The van der Waals surface area contributed by atoms with Crippen molar-refractivity contribution < 1.29 is 36.3 Å². The van der Waals surface area contributed by atoms with Crippen LogP contribution in [0.15, 0.2) is 29.2 Å². The highest BCUT2D eigenvalue weighted by atomic mass is 32.2. The van der Waals surface area contributed by atoms with Gasteiger partial charge in [-0.3, -0.25) is 9.69 Å². The summed E-state index contributed by atoms with van der Waals surface area (Å²) >= 11 is 0. The zero-order valence-corrected chi connectivity index (χ0v) is 23.7. The second kappa shape index (κ2) is 15.0. The first kappa shape index (κ1) is 33.0. The third-order valence-electron chi connectivity index (χ3n) is 7.05. The number of piperazine rings is 1. The Morgan fingerprint density at radius 3 is 2.18 bits per heavy atom. The summed E-state index contributed by atoms with van der Waals surface area (Å²) in [5, 5.41) is 10.4. The Morgan fingerprint density at radius 1 is 1.08 bits per heavy atom. The van der Waals surface area contributed by atoms with Crippen molar-refractivity contribution >= 4 is 21.9 Å². The fourth-order valence-corrected chi connectivity index (χ4v) is 5.98. The van der Waals surface area contributed by atoms with Crippen LogP contribution in [-0.4, -0.2) is 104 Å². The number of piperidine rings is 1. The highest BCUT2D eigenvalue weighted by Crippen LogP contribution is 2.22. The summed E-state index contributed by atoms with van der Waals surface area (Å²) < 4.78 is 60.3. The average Bonchev–Trinajstić information content (AvgIpc) is 2.89. The third kappa shape index (κ3) is 10.4. The molecule has 2 N–H and O–H groups in total. The average molecular weight is 579 g/mol. The number of hydrogen-bond acceptors (Lipinski definition) is 6. The van der Waals surface area contributed by atoms with Gasteiger partial charge in [0.15, 0.2) is 0 Å². The van der Waals surface area contributed by atoms with Crippen molar-refractivity contribution in [2.45, 2.75) is 69.5 Å². The second-order valence-corrected chi connectivity index (χ2v) is 12.1. The molecule has 1 atom stereocenters. The van der Waals surface area contributed by atoms with E-state index in [0.717, 1.165) is 38.0 Å². The Bertz CT molecular complexity index is 1030. The molecule has 0 aliphatic carbocycles. The normalized spacial score (nSPS) is 19.1. The number of alkyl halides is 3. The van der Waals surface area contributed by atoms with E-state index < -0.39 is 22.2 Å². The molecule has 2 heterocycles. The molecule has 2 fully saturated rings. The molecule has 1 aromatic rings. The van der Waals surface area contributed by atoms with Crippen LogP contribution in [-0.2, 0) is 19.6 Å². The Hall–Kier alpha value is -2.22. The second-order valence-electron chi connectivity index (χ2n) is 10.2. The standard InChI is InChI=1S/C24H40N4O3S.C2HF3O2/c1-20(2)22-7-9-23(10-8-22)32(30,31)28(19-18-26-14-5-4-6-21(26)3)15-11-24(29)27-16-12-25-13-17-27;3-2(4,5)1(6)7/h7-10,20-21,25H,4-6,11-19H2,1-3H3;(H,6,7). The van der Waals surface area contributed by atoms with E-state index in [9.17, 15) is 26.4 Å². The molecule has 1 unspecified atom stereocenters. The first-order valence-corrected chi connectivity index (χ1v) is 14.8. The van der Waals surface area contributed by atoms with E-state index in [-0.39, 0.29) is 18.9 Å². The molecule has 0 saturated carbocycles. The van der Waals surface area contributed by atoms with Crippen LogP contribution in [0.1, 0.15) is 57.9 Å². The van der Waals surface area contributed by atoms with E-state index in [2.05, 4.69) is 31.0 Å². The minimum Gasteiger partial charge on any atom is -0.475 e. The minimum absolute atomic E-state index is 0.0354. The van der Waals surface area contributed by atoms with Crippen LogP contribution in [0.3, 0.4) is 0 Å². The lowest BCUT2D eigenvalue weighted by Crippen LogP contribution is -2.48. The molecule has 0 aromatic heterocycles. The van der Waals surface area contributed by atoms with Gasteiger partial charge in [-0.25, -0.2) is 13.2 Å². The number of sulfonamides is 1. The molecule has 39 heavy (non-hydrogen) atoms. The molecule has 0 bridgehead atoms. The van der Waals surface area contributed by atoms with Crippen LogP contribution in [0.5, 0.6) is 0 Å². The highest BCUT2D eigenvalue weighted by Gasteiger charge is 2.38. The van der Waals surface area contributed by atoms with Crippen LogP contribution in [0.2, 0.25) is 0 Å². The molecule has 9 nitrogen and oxygen atoms in total. The topological polar surface area (TPSA) is 110 Å². The number of likely N-dealkylation sites (tertiary alicyclic amines) is 1. The van der Waals surface area contributed by atoms with Crippen LogP contribution in [0, 0.1) is 0 Å². The zero-order valence-electron chi connectivity index (χ0n) is 22.9. The number of nitrogens with zero attached hydrogens (tertiary/aromatic N) is 3. The number of carbonyl (C=O) groups is 2. The molecule has 222 valence electrons. The Labute approximate surface area is 229 Å². The molecule has 2 aliphatic rings. The smallest absolute Gasteiger partial charge is 0.475 e. The Kier molecular flexibility index (Phi) is 12.7. The molecule has 1 aromatic carbocycles. The maximum absolute atomic E-state index is 13.5. The van der Waals surface area contributed by atoms with Gasteiger partial charge >= 0.3 is 12.1 Å². The molecule has 13 heteroatoms. The van der Waals surface area contributed by atoms with Gasteiger partial charge in [-0.1, -0.05) is 32.4 Å². The number of rotatable bonds is 9. The summed E-state index contributed by atoms with van der Waals surface area (Å²) in [5.74, 6) is -2.37. The van der Waals surface area contributed by atoms with Crippen LogP contribution < -0.4 is 5.32 Å². The number of carboxylic acids is 1. The molecule has 2 aliphatic heterocycles. The van der Waals surface area contributed by atoms with Crippen molar-refractivity contribution in [1.29, 1.82) is 0 Å². The number of hydrogen-bond donors (Lipinski definition) is 2. The van der Waals surface area contributed by atoms with E-state index >= 15 is 0 Å². The minimum atomic E-state index is -5.08. The fraction of sp³-hybridized carbons (Fsp3) is 0.692. The fourth-order valence-electron chi connectivity index (χ4n) is 4.55. The van der Waals surface area contributed by atoms with Gasteiger partial charge in [-0.2, -0.15) is 17.5 Å². The van der Waals surface area contributed by atoms with E-state index in [1.165, 1.54) is 10.7 Å². The highest BCUT2D eigenvalue weighted by molar-refractivity contribution is 7.89. The summed E-state index contributed by atoms with van der Waals surface area (Å²) in [6.07, 6.45) is -1.31. The van der Waals surface area contributed by atoms with Gasteiger partial charge in [0.05, 0.1) is 4.90 Å². The van der Waals surface area contributed by atoms with Crippen molar-refractivity contribution in [2.24, 2.45) is 0 Å². The lowest BCUT2D eigenvalue weighted by atomic mass is 10.0. The number of carboxylic acid groups (broad SMARTS) is 1. The lowest BCUT2D eigenvalue weighted by Gasteiger charge is -2.35. The van der Waals surface area contributed by atoms with Gasteiger partial charge in [-0.15, -0.1) is 0 Å². The maximum Gasteiger partial charge on any atom is 0.490 e. The van der Waals surface area contributed by atoms with Gasteiger partial charge in [0, 0.05) is 58.3 Å². The van der Waals surface area contributed by atoms with E-state index in [1.54, 1.807) is 12.1 Å². The van der Waals surface area contributed by atoms with Crippen molar-refractivity contribution in [1.82, 2.24) is 19.4 Å². The molecular formula is C26H41F3N4O5S. The summed E-state index contributed by atoms with van der Waals surface area (Å²) in [6.45, 7) is 11.7. The van der Waals surface area contributed by atoms with E-state index in [0.29, 0.717) is 43.0 Å². The van der Waals surface area contributed by atoms with Crippen molar-refractivity contribution in [3.63, 3.8) is 0 Å². The predicted molar refractivity (Wildman–Crippen MR) is 142 cm³/mol. The molecule has 1 amide bonds. The van der Waals surface area contributed by atoms with Crippen LogP contribution >= 0.6 is 0 Å². The molecule has 0 spiro atoms. The zero-order chi connectivity index (χ0) is 29.2. The van der Waals surface area contributed by atoms with Crippen molar-refractivity contribution in [2.75, 3.05) is 52.4 Å². The van der Waals surface area contributed by atoms with Gasteiger partial charge in [0.25, 0.3) is 0 Å². The third-order valence-corrected chi connectivity index (χ3v) is 8.96. The molecule has 2 saturated heterocycles.